The number of hydrogen-bond donors (Lipinski definition) is 0. The van der Waals surface area contributed by atoms with Crippen molar-refractivity contribution in [3.63, 3.8) is 0 Å². The van der Waals surface area contributed by atoms with Crippen molar-refractivity contribution in [3.8, 4) is 5.75 Å². The summed E-state index contributed by atoms with van der Waals surface area (Å²) >= 11 is 1.47. The number of non-ortho nitro benzene ring substituents is 1. The molecule has 0 spiro atoms. The first-order chi connectivity index (χ1) is 15.1. The van der Waals surface area contributed by atoms with Gasteiger partial charge in [-0.25, -0.2) is 0 Å². The van der Waals surface area contributed by atoms with Crippen LogP contribution in [0.5, 0.6) is 5.75 Å². The Bertz CT molecular complexity index is 827. The molecule has 0 heterocycles. The summed E-state index contributed by atoms with van der Waals surface area (Å²) < 4.78 is 5.08. The Labute approximate surface area is 206 Å². The van der Waals surface area contributed by atoms with Crippen molar-refractivity contribution in [3.05, 3.63) is 93.8 Å². The molecule has 0 unspecified atom stereocenters. The second-order valence-electron chi connectivity index (χ2n) is 7.24. The normalized spacial score (nSPS) is 16.1. The standard InChI is InChI=1S/C15H13N2O3.C10H15.ClH.Ir/c1-11(12-3-7-14(8-4-12)17(18)19)16-13-5-9-15(20-2)10-6-13;1-6-7(2)9(4)10(5)8(6)3;;/h3,5-10H,1-2H3;1-5H3;1H;/q-1;;;+3/p-1. The van der Waals surface area contributed by atoms with Crippen LogP contribution in [0.25, 0.3) is 0 Å². The number of rotatable bonds is 4. The Morgan fingerprint density at radius 1 is 0.938 bits per heavy atom. The molecule has 0 atom stereocenters. The molecule has 0 aliphatic heterocycles. The maximum atomic E-state index is 10.6. The number of benzene rings is 2. The van der Waals surface area contributed by atoms with Crippen molar-refractivity contribution in [2.24, 2.45) is 4.99 Å². The number of nitro groups is 1. The molecule has 5 radical (unpaired) electrons. The van der Waals surface area contributed by atoms with Crippen LogP contribution in [0.15, 0.2) is 47.5 Å². The molecule has 0 amide bonds. The molecular formula is C25H28ClIrN2O3+. The summed E-state index contributed by atoms with van der Waals surface area (Å²) in [5, 5.41) is 10.6. The summed E-state index contributed by atoms with van der Waals surface area (Å²) in [7, 11) is 6.25. The van der Waals surface area contributed by atoms with Crippen molar-refractivity contribution in [2.75, 3.05) is 7.11 Å². The van der Waals surface area contributed by atoms with Gasteiger partial charge in [-0.1, -0.05) is 53.7 Å². The van der Waals surface area contributed by atoms with Gasteiger partial charge in [-0.15, -0.1) is 17.7 Å². The first-order valence-electron chi connectivity index (χ1n) is 9.83. The zero-order valence-corrected chi connectivity index (χ0v) is 22.5. The van der Waals surface area contributed by atoms with Gasteiger partial charge in [0.1, 0.15) is 5.75 Å². The van der Waals surface area contributed by atoms with Crippen LogP contribution in [0.1, 0.15) is 47.1 Å². The van der Waals surface area contributed by atoms with Gasteiger partial charge in [0.15, 0.2) is 5.69 Å². The van der Waals surface area contributed by atoms with Crippen LogP contribution in [0.3, 0.4) is 0 Å². The number of halogens is 1. The van der Waals surface area contributed by atoms with E-state index in [0.717, 1.165) is 22.7 Å². The van der Waals surface area contributed by atoms with Gasteiger partial charge in [-0.3, -0.25) is 10.1 Å². The molecule has 0 saturated heterocycles. The van der Waals surface area contributed by atoms with E-state index in [2.05, 4.69) is 55.3 Å². The molecule has 1 aliphatic carbocycles. The first kappa shape index (κ1) is 28.3. The van der Waals surface area contributed by atoms with E-state index < -0.39 is 4.92 Å². The van der Waals surface area contributed by atoms with Gasteiger partial charge < -0.3 is 9.73 Å². The zero-order valence-electron chi connectivity index (χ0n) is 19.4. The minimum atomic E-state index is -0.448. The van der Waals surface area contributed by atoms with Crippen LogP contribution in [-0.2, 0) is 17.9 Å². The minimum absolute atomic E-state index is 0.0194. The summed E-state index contributed by atoms with van der Waals surface area (Å²) in [6.07, 6.45) is 0. The summed E-state index contributed by atoms with van der Waals surface area (Å²) in [5.74, 6) is 8.11. The van der Waals surface area contributed by atoms with Crippen LogP contribution in [0.4, 0.5) is 11.4 Å². The molecule has 32 heavy (non-hydrogen) atoms. The molecule has 5 nitrogen and oxygen atoms in total. The van der Waals surface area contributed by atoms with E-state index in [9.17, 15) is 10.1 Å². The van der Waals surface area contributed by atoms with Crippen molar-refractivity contribution in [1.82, 2.24) is 0 Å². The average Bonchev–Trinajstić information content (AvgIpc) is 2.99. The fourth-order valence-electron chi connectivity index (χ4n) is 3.07. The predicted molar refractivity (Wildman–Crippen MR) is 127 cm³/mol. The molecule has 0 aromatic heterocycles. The fourth-order valence-corrected chi connectivity index (χ4v) is 3.07. The van der Waals surface area contributed by atoms with Crippen molar-refractivity contribution < 1.29 is 27.5 Å². The average molecular weight is 632 g/mol. The fraction of sp³-hybridized carbons (Fsp3) is 0.280. The summed E-state index contributed by atoms with van der Waals surface area (Å²) in [6.45, 7) is 12.8. The van der Waals surface area contributed by atoms with Gasteiger partial charge in [0.05, 0.1) is 12.8 Å². The molecule has 2 aromatic rings. The monoisotopic (exact) mass is 632 g/mol. The Morgan fingerprint density at radius 3 is 1.75 bits per heavy atom. The first-order valence-corrected chi connectivity index (χ1v) is 12.8. The van der Waals surface area contributed by atoms with Crippen molar-refractivity contribution in [2.45, 2.75) is 41.5 Å². The Hall–Kier alpha value is -1.75. The topological polar surface area (TPSA) is 64.7 Å². The van der Waals surface area contributed by atoms with E-state index in [1.165, 1.54) is 59.6 Å². The summed E-state index contributed by atoms with van der Waals surface area (Å²) in [4.78, 5) is 14.6. The molecule has 1 fully saturated rings. The van der Waals surface area contributed by atoms with E-state index in [-0.39, 0.29) is 5.69 Å². The molecule has 3 rings (SSSR count). The second kappa shape index (κ2) is 13.7. The molecule has 0 bridgehead atoms. The summed E-state index contributed by atoms with van der Waals surface area (Å²) in [5.41, 5.74) is 2.28. The Kier molecular flexibility index (Phi) is 12.1. The number of ether oxygens (including phenoxy) is 1. The van der Waals surface area contributed by atoms with Crippen molar-refractivity contribution in [1.29, 1.82) is 0 Å². The van der Waals surface area contributed by atoms with E-state index in [0.29, 0.717) is 0 Å². The van der Waals surface area contributed by atoms with E-state index >= 15 is 0 Å². The van der Waals surface area contributed by atoms with Gasteiger partial charge in [-0.2, -0.15) is 0 Å². The Morgan fingerprint density at radius 2 is 1.41 bits per heavy atom. The molecule has 2 aromatic carbocycles. The SMILES string of the molecule is COc1ccc(N=C(C)c2[c-]cc([N+](=O)[O-])cc2)cc1.C[C]1[C](C)[C](C)[C](C)[C]1C.[Cl][Ir+2]. The zero-order chi connectivity index (χ0) is 24.4. The predicted octanol–water partition coefficient (Wildman–Crippen LogP) is 7.20. The molecule has 1 saturated carbocycles. The quantitative estimate of drug-likeness (QED) is 0.155. The third-order valence-electron chi connectivity index (χ3n) is 5.58. The van der Waals surface area contributed by atoms with Gasteiger partial charge in [-0.05, 0) is 59.6 Å². The van der Waals surface area contributed by atoms with Crippen LogP contribution in [-0.4, -0.2) is 17.7 Å². The molecule has 7 heteroatoms. The third kappa shape index (κ3) is 7.68. The Balaban J connectivity index is 0.000000358. The number of methoxy groups -OCH3 is 1. The number of nitrogens with zero attached hydrogens (tertiary/aromatic N) is 2. The molecule has 1 aliphatic rings. The van der Waals surface area contributed by atoms with Gasteiger partial charge in [0.2, 0.25) is 0 Å². The van der Waals surface area contributed by atoms with Crippen LogP contribution >= 0.6 is 9.58 Å². The van der Waals surface area contributed by atoms with Gasteiger partial charge in [0.25, 0.3) is 0 Å². The molecule has 0 N–H and O–H groups in total. The number of nitro benzene ring substituents is 1. The molecular weight excluding hydrogens is 604 g/mol. The van der Waals surface area contributed by atoms with Crippen LogP contribution in [0.2, 0.25) is 0 Å². The van der Waals surface area contributed by atoms with Crippen LogP contribution in [0, 0.1) is 45.8 Å². The summed E-state index contributed by atoms with van der Waals surface area (Å²) in [6, 6.07) is 14.6. The number of hydrogen-bond acceptors (Lipinski definition) is 4. The molecule has 171 valence electrons. The second-order valence-corrected chi connectivity index (χ2v) is 7.24. The van der Waals surface area contributed by atoms with E-state index in [1.54, 1.807) is 13.2 Å². The third-order valence-corrected chi connectivity index (χ3v) is 5.58. The van der Waals surface area contributed by atoms with Crippen molar-refractivity contribution >= 4 is 26.7 Å². The van der Waals surface area contributed by atoms with Gasteiger partial charge in [0, 0.05) is 4.92 Å². The van der Waals surface area contributed by atoms with Crippen LogP contribution < -0.4 is 4.74 Å². The van der Waals surface area contributed by atoms with Gasteiger partial charge >= 0.3 is 27.5 Å². The van der Waals surface area contributed by atoms with E-state index in [4.69, 9.17) is 4.74 Å². The van der Waals surface area contributed by atoms with E-state index in [1.807, 2.05) is 31.2 Å². The maximum absolute atomic E-state index is 10.6. The number of aliphatic imine (C=N–C) groups is 1.